The quantitative estimate of drug-likeness (QED) is 0.912. The first kappa shape index (κ1) is 14.0. The third-order valence-electron chi connectivity index (χ3n) is 3.37. The first-order valence-electron chi connectivity index (χ1n) is 6.22. The van der Waals surface area contributed by atoms with Crippen molar-refractivity contribution >= 4 is 16.0 Å². The van der Waals surface area contributed by atoms with Gasteiger partial charge >= 0.3 is 5.97 Å². The predicted octanol–water partition coefficient (Wildman–Crippen LogP) is 1.70. The van der Waals surface area contributed by atoms with Gasteiger partial charge in [0.05, 0.1) is 11.3 Å². The summed E-state index contributed by atoms with van der Waals surface area (Å²) in [5.41, 5.74) is 0.626. The highest BCUT2D eigenvalue weighted by molar-refractivity contribution is 7.88. The number of carboxylic acids is 1. The average molecular weight is 283 g/mol. The Morgan fingerprint density at radius 1 is 1.47 bits per heavy atom. The van der Waals surface area contributed by atoms with Crippen LogP contribution in [0.3, 0.4) is 0 Å². The molecule has 1 saturated heterocycles. The molecule has 104 valence electrons. The minimum atomic E-state index is -3.36. The molecule has 0 aromatic heterocycles. The average Bonchev–Trinajstić information content (AvgIpc) is 2.76. The molecule has 1 fully saturated rings. The van der Waals surface area contributed by atoms with Gasteiger partial charge in [0.25, 0.3) is 0 Å². The van der Waals surface area contributed by atoms with Gasteiger partial charge in [0.2, 0.25) is 10.0 Å². The van der Waals surface area contributed by atoms with Crippen molar-refractivity contribution < 1.29 is 18.3 Å². The Hall–Kier alpha value is -1.40. The molecule has 0 saturated carbocycles. The lowest BCUT2D eigenvalue weighted by Crippen LogP contribution is -2.34. The molecular formula is C13H17NO4S. The molecule has 2 rings (SSSR count). The van der Waals surface area contributed by atoms with Crippen molar-refractivity contribution in [1.82, 2.24) is 4.31 Å². The van der Waals surface area contributed by atoms with Crippen molar-refractivity contribution in [2.45, 2.75) is 31.6 Å². The van der Waals surface area contributed by atoms with E-state index in [2.05, 4.69) is 0 Å². The third kappa shape index (κ3) is 3.13. The van der Waals surface area contributed by atoms with Crippen LogP contribution in [-0.2, 0) is 15.8 Å². The van der Waals surface area contributed by atoms with E-state index in [0.717, 1.165) is 12.8 Å². The number of nitrogens with zero attached hydrogens (tertiary/aromatic N) is 1. The minimum Gasteiger partial charge on any atom is -0.478 e. The summed E-state index contributed by atoms with van der Waals surface area (Å²) in [5, 5.41) is 8.90. The van der Waals surface area contributed by atoms with Gasteiger partial charge < -0.3 is 5.11 Å². The highest BCUT2D eigenvalue weighted by Gasteiger charge is 2.31. The molecule has 6 heteroatoms. The summed E-state index contributed by atoms with van der Waals surface area (Å²) in [6.07, 6.45) is 1.77. The van der Waals surface area contributed by atoms with E-state index in [0.29, 0.717) is 12.1 Å². The van der Waals surface area contributed by atoms with Gasteiger partial charge in [-0.1, -0.05) is 12.1 Å². The SMILES string of the molecule is CC1CCCN1S(=O)(=O)Cc1cccc(C(=O)O)c1. The Balaban J connectivity index is 2.20. The van der Waals surface area contributed by atoms with Crippen molar-refractivity contribution in [3.63, 3.8) is 0 Å². The summed E-state index contributed by atoms with van der Waals surface area (Å²) >= 11 is 0. The summed E-state index contributed by atoms with van der Waals surface area (Å²) in [4.78, 5) is 10.9. The van der Waals surface area contributed by atoms with Gasteiger partial charge in [0, 0.05) is 12.6 Å². The topological polar surface area (TPSA) is 74.7 Å². The number of carbonyl (C=O) groups is 1. The third-order valence-corrected chi connectivity index (χ3v) is 5.33. The van der Waals surface area contributed by atoms with Crippen LogP contribution in [0, 0.1) is 0 Å². The monoisotopic (exact) mass is 283 g/mol. The molecule has 1 unspecified atom stereocenters. The second-order valence-corrected chi connectivity index (χ2v) is 6.79. The van der Waals surface area contributed by atoms with Gasteiger partial charge in [-0.3, -0.25) is 0 Å². The molecular weight excluding hydrogens is 266 g/mol. The molecule has 5 nitrogen and oxygen atoms in total. The highest BCUT2D eigenvalue weighted by atomic mass is 32.2. The van der Waals surface area contributed by atoms with Gasteiger partial charge in [-0.25, -0.2) is 13.2 Å². The fraction of sp³-hybridized carbons (Fsp3) is 0.462. The molecule has 0 spiro atoms. The zero-order chi connectivity index (χ0) is 14.0. The molecule has 0 amide bonds. The minimum absolute atomic E-state index is 0.0349. The number of hydrogen-bond donors (Lipinski definition) is 1. The first-order valence-corrected chi connectivity index (χ1v) is 7.83. The van der Waals surface area contributed by atoms with Crippen molar-refractivity contribution in [2.75, 3.05) is 6.54 Å². The van der Waals surface area contributed by atoms with E-state index in [1.54, 1.807) is 12.1 Å². The van der Waals surface area contributed by atoms with Crippen molar-refractivity contribution in [3.05, 3.63) is 35.4 Å². The van der Waals surface area contributed by atoms with E-state index in [-0.39, 0.29) is 17.4 Å². The van der Waals surface area contributed by atoms with Crippen molar-refractivity contribution in [3.8, 4) is 0 Å². The summed E-state index contributed by atoms with van der Waals surface area (Å²) in [7, 11) is -3.36. The van der Waals surface area contributed by atoms with Crippen LogP contribution in [0.25, 0.3) is 0 Å². The van der Waals surface area contributed by atoms with E-state index >= 15 is 0 Å². The van der Waals surface area contributed by atoms with Crippen LogP contribution in [0.4, 0.5) is 0 Å². The lowest BCUT2D eigenvalue weighted by atomic mass is 10.1. The number of hydrogen-bond acceptors (Lipinski definition) is 3. The zero-order valence-corrected chi connectivity index (χ0v) is 11.6. The van der Waals surface area contributed by atoms with Crippen molar-refractivity contribution in [1.29, 1.82) is 0 Å². The Bertz CT molecular complexity index is 582. The Kier molecular flexibility index (Phi) is 3.91. The van der Waals surface area contributed by atoms with Crippen molar-refractivity contribution in [2.24, 2.45) is 0 Å². The molecule has 1 heterocycles. The fourth-order valence-corrected chi connectivity index (χ4v) is 4.24. The van der Waals surface area contributed by atoms with Crippen LogP contribution >= 0.6 is 0 Å². The molecule has 0 bridgehead atoms. The Labute approximate surface area is 112 Å². The second kappa shape index (κ2) is 5.30. The standard InChI is InChI=1S/C13H17NO4S/c1-10-4-3-7-14(10)19(17,18)9-11-5-2-6-12(8-11)13(15)16/h2,5-6,8,10H,3-4,7,9H2,1H3,(H,15,16). The van der Waals surface area contributed by atoms with E-state index in [1.165, 1.54) is 16.4 Å². The second-order valence-electron chi connectivity index (χ2n) is 4.86. The van der Waals surface area contributed by atoms with Gasteiger partial charge in [0.15, 0.2) is 0 Å². The number of rotatable bonds is 4. The van der Waals surface area contributed by atoms with Crippen LogP contribution in [0.15, 0.2) is 24.3 Å². The van der Waals surface area contributed by atoms with E-state index in [1.807, 2.05) is 6.92 Å². The lowest BCUT2D eigenvalue weighted by Gasteiger charge is -2.20. The van der Waals surface area contributed by atoms with E-state index < -0.39 is 16.0 Å². The summed E-state index contributed by atoms with van der Waals surface area (Å²) in [5.74, 6) is -1.19. The number of benzene rings is 1. The number of carboxylic acid groups (broad SMARTS) is 1. The van der Waals surface area contributed by atoms with Crippen LogP contribution in [0.1, 0.15) is 35.7 Å². The lowest BCUT2D eigenvalue weighted by molar-refractivity contribution is 0.0696. The first-order chi connectivity index (χ1) is 8.90. The van der Waals surface area contributed by atoms with Gasteiger partial charge in [-0.2, -0.15) is 4.31 Å². The molecule has 1 N–H and O–H groups in total. The van der Waals surface area contributed by atoms with Crippen LogP contribution < -0.4 is 0 Å². The maximum absolute atomic E-state index is 12.3. The Morgan fingerprint density at radius 2 is 2.21 bits per heavy atom. The van der Waals surface area contributed by atoms with Gasteiger partial charge in [0.1, 0.15) is 0 Å². The smallest absolute Gasteiger partial charge is 0.335 e. The fourth-order valence-electron chi connectivity index (χ4n) is 2.41. The van der Waals surface area contributed by atoms with Gasteiger partial charge in [-0.15, -0.1) is 0 Å². The van der Waals surface area contributed by atoms with E-state index in [4.69, 9.17) is 5.11 Å². The van der Waals surface area contributed by atoms with Crippen LogP contribution in [-0.4, -0.2) is 36.4 Å². The molecule has 1 atom stereocenters. The predicted molar refractivity (Wildman–Crippen MR) is 71.4 cm³/mol. The molecule has 0 aliphatic carbocycles. The number of sulfonamides is 1. The normalized spacial score (nSPS) is 20.6. The van der Waals surface area contributed by atoms with Gasteiger partial charge in [-0.05, 0) is 37.5 Å². The molecule has 1 aromatic carbocycles. The molecule has 1 aromatic rings. The van der Waals surface area contributed by atoms with Crippen LogP contribution in [0.2, 0.25) is 0 Å². The maximum atomic E-state index is 12.3. The largest absolute Gasteiger partial charge is 0.478 e. The maximum Gasteiger partial charge on any atom is 0.335 e. The molecule has 1 aliphatic rings. The number of aromatic carboxylic acids is 1. The molecule has 1 aliphatic heterocycles. The Morgan fingerprint density at radius 3 is 2.79 bits per heavy atom. The van der Waals surface area contributed by atoms with E-state index in [9.17, 15) is 13.2 Å². The molecule has 19 heavy (non-hydrogen) atoms. The summed E-state index contributed by atoms with van der Waals surface area (Å²) in [6, 6.07) is 6.12. The highest BCUT2D eigenvalue weighted by Crippen LogP contribution is 2.23. The zero-order valence-electron chi connectivity index (χ0n) is 10.7. The summed E-state index contributed by atoms with van der Waals surface area (Å²) < 4.78 is 26.1. The molecule has 0 radical (unpaired) electrons. The summed E-state index contributed by atoms with van der Waals surface area (Å²) in [6.45, 7) is 2.46. The van der Waals surface area contributed by atoms with Crippen LogP contribution in [0.5, 0.6) is 0 Å².